The van der Waals surface area contributed by atoms with Crippen LogP contribution in [-0.2, 0) is 0 Å². The summed E-state index contributed by atoms with van der Waals surface area (Å²) in [4.78, 5) is 4.24. The van der Waals surface area contributed by atoms with Crippen LogP contribution < -0.4 is 5.32 Å². The summed E-state index contributed by atoms with van der Waals surface area (Å²) in [6, 6.07) is 0.484. The van der Waals surface area contributed by atoms with Gasteiger partial charge in [0.05, 0.1) is 6.04 Å². The Morgan fingerprint density at radius 2 is 2.62 bits per heavy atom. The molecule has 0 aliphatic carbocycles. The first-order valence-electron chi connectivity index (χ1n) is 3.12. The first-order valence-corrected chi connectivity index (χ1v) is 3.12. The molecular weight excluding hydrogens is 100 g/mol. The lowest BCUT2D eigenvalue weighted by Gasteiger charge is -2.00. The highest BCUT2D eigenvalue weighted by atomic mass is 14.9. The minimum Gasteiger partial charge on any atom is -0.314 e. The molecule has 1 aliphatic heterocycles. The van der Waals surface area contributed by atoms with Crippen LogP contribution in [0.1, 0.15) is 13.3 Å². The third-order valence-corrected chi connectivity index (χ3v) is 1.25. The summed E-state index contributed by atoms with van der Waals surface area (Å²) in [7, 11) is 0. The molecule has 2 heteroatoms. The maximum atomic E-state index is 4.24. The maximum Gasteiger partial charge on any atom is 0.0591 e. The van der Waals surface area contributed by atoms with Gasteiger partial charge in [0.25, 0.3) is 0 Å². The van der Waals surface area contributed by atoms with Crippen molar-refractivity contribution >= 4 is 6.21 Å². The molecule has 8 heavy (non-hydrogen) atoms. The summed E-state index contributed by atoms with van der Waals surface area (Å²) in [6.07, 6.45) is 3.09. The molecule has 2 nitrogen and oxygen atoms in total. The Labute approximate surface area is 50.0 Å². The second-order valence-corrected chi connectivity index (χ2v) is 2.17. The standard InChI is InChI=1S/C6H12N2/c1-6-5-7-3-2-4-8-6/h4,6-7H,2-3,5H2,1H3. The third kappa shape index (κ3) is 1.62. The van der Waals surface area contributed by atoms with Gasteiger partial charge in [-0.15, -0.1) is 0 Å². The molecule has 0 radical (unpaired) electrons. The van der Waals surface area contributed by atoms with Crippen molar-refractivity contribution in [1.29, 1.82) is 0 Å². The Morgan fingerprint density at radius 3 is 3.50 bits per heavy atom. The predicted molar refractivity (Wildman–Crippen MR) is 35.4 cm³/mol. The molecule has 1 unspecified atom stereocenters. The van der Waals surface area contributed by atoms with E-state index in [1.807, 2.05) is 6.21 Å². The van der Waals surface area contributed by atoms with Crippen LogP contribution in [-0.4, -0.2) is 25.3 Å². The molecular formula is C6H12N2. The monoisotopic (exact) mass is 112 g/mol. The fourth-order valence-electron chi connectivity index (χ4n) is 0.785. The van der Waals surface area contributed by atoms with Crippen LogP contribution >= 0.6 is 0 Å². The van der Waals surface area contributed by atoms with Gasteiger partial charge < -0.3 is 5.32 Å². The molecule has 0 spiro atoms. The van der Waals surface area contributed by atoms with Crippen molar-refractivity contribution in [1.82, 2.24) is 5.32 Å². The molecule has 1 rings (SSSR count). The second-order valence-electron chi connectivity index (χ2n) is 2.17. The van der Waals surface area contributed by atoms with Crippen LogP contribution in [0.4, 0.5) is 0 Å². The van der Waals surface area contributed by atoms with E-state index in [1.54, 1.807) is 0 Å². The molecule has 1 aliphatic rings. The molecule has 1 N–H and O–H groups in total. The Kier molecular flexibility index (Phi) is 2.03. The van der Waals surface area contributed by atoms with Gasteiger partial charge in [0.2, 0.25) is 0 Å². The summed E-state index contributed by atoms with van der Waals surface area (Å²) in [6.45, 7) is 4.25. The number of nitrogens with one attached hydrogen (secondary N) is 1. The zero-order valence-corrected chi connectivity index (χ0v) is 5.22. The van der Waals surface area contributed by atoms with Crippen LogP contribution in [0.2, 0.25) is 0 Å². The van der Waals surface area contributed by atoms with Gasteiger partial charge in [-0.3, -0.25) is 4.99 Å². The van der Waals surface area contributed by atoms with E-state index in [-0.39, 0.29) is 0 Å². The average molecular weight is 112 g/mol. The van der Waals surface area contributed by atoms with Crippen molar-refractivity contribution in [2.24, 2.45) is 4.99 Å². The third-order valence-electron chi connectivity index (χ3n) is 1.25. The molecule has 0 amide bonds. The number of hydrogen-bond donors (Lipinski definition) is 1. The van der Waals surface area contributed by atoms with Crippen LogP contribution in [0.5, 0.6) is 0 Å². The van der Waals surface area contributed by atoms with E-state index in [0.717, 1.165) is 19.5 Å². The van der Waals surface area contributed by atoms with E-state index in [9.17, 15) is 0 Å². The molecule has 0 fully saturated rings. The Balaban J connectivity index is 2.33. The van der Waals surface area contributed by atoms with Gasteiger partial charge in [0.1, 0.15) is 0 Å². The fourth-order valence-corrected chi connectivity index (χ4v) is 0.785. The summed E-state index contributed by atoms with van der Waals surface area (Å²) in [5, 5.41) is 3.27. The van der Waals surface area contributed by atoms with Gasteiger partial charge in [-0.05, 0) is 13.3 Å². The van der Waals surface area contributed by atoms with Gasteiger partial charge in [-0.25, -0.2) is 0 Å². The highest BCUT2D eigenvalue weighted by molar-refractivity contribution is 5.57. The Hall–Kier alpha value is -0.370. The molecule has 0 bridgehead atoms. The van der Waals surface area contributed by atoms with Crippen LogP contribution in [0.3, 0.4) is 0 Å². The fraction of sp³-hybridized carbons (Fsp3) is 0.833. The lowest BCUT2D eigenvalue weighted by Crippen LogP contribution is -2.21. The van der Waals surface area contributed by atoms with E-state index in [2.05, 4.69) is 17.2 Å². The summed E-state index contributed by atoms with van der Waals surface area (Å²) >= 11 is 0. The highest BCUT2D eigenvalue weighted by Gasteiger charge is 1.98. The van der Waals surface area contributed by atoms with E-state index >= 15 is 0 Å². The maximum absolute atomic E-state index is 4.24. The van der Waals surface area contributed by atoms with E-state index in [0.29, 0.717) is 6.04 Å². The van der Waals surface area contributed by atoms with Crippen molar-refractivity contribution in [3.63, 3.8) is 0 Å². The van der Waals surface area contributed by atoms with Crippen molar-refractivity contribution in [2.75, 3.05) is 13.1 Å². The SMILES string of the molecule is CC1CNCCC=N1. The van der Waals surface area contributed by atoms with Crippen molar-refractivity contribution in [3.05, 3.63) is 0 Å². The first kappa shape index (κ1) is 5.76. The quantitative estimate of drug-likeness (QED) is 0.483. The average Bonchev–Trinajstić information content (AvgIpc) is 1.94. The summed E-state index contributed by atoms with van der Waals surface area (Å²) < 4.78 is 0. The number of nitrogens with zero attached hydrogens (tertiary/aromatic N) is 1. The summed E-state index contributed by atoms with van der Waals surface area (Å²) in [5.41, 5.74) is 0. The Morgan fingerprint density at radius 1 is 1.75 bits per heavy atom. The van der Waals surface area contributed by atoms with Gasteiger partial charge in [-0.1, -0.05) is 0 Å². The number of rotatable bonds is 0. The van der Waals surface area contributed by atoms with Crippen LogP contribution in [0.15, 0.2) is 4.99 Å². The molecule has 0 saturated heterocycles. The minimum absolute atomic E-state index is 0.484. The van der Waals surface area contributed by atoms with Crippen molar-refractivity contribution < 1.29 is 0 Å². The van der Waals surface area contributed by atoms with Crippen molar-refractivity contribution in [2.45, 2.75) is 19.4 Å². The lowest BCUT2D eigenvalue weighted by molar-refractivity contribution is 0.640. The normalized spacial score (nSPS) is 29.9. The molecule has 0 aromatic rings. The van der Waals surface area contributed by atoms with E-state index < -0.39 is 0 Å². The van der Waals surface area contributed by atoms with Gasteiger partial charge in [0.15, 0.2) is 0 Å². The molecule has 1 atom stereocenters. The number of aliphatic imine (C=N–C) groups is 1. The van der Waals surface area contributed by atoms with Crippen LogP contribution in [0, 0.1) is 0 Å². The zero-order chi connectivity index (χ0) is 5.82. The largest absolute Gasteiger partial charge is 0.314 e. The van der Waals surface area contributed by atoms with Gasteiger partial charge in [0, 0.05) is 19.3 Å². The molecule has 0 aromatic heterocycles. The zero-order valence-electron chi connectivity index (χ0n) is 5.22. The smallest absolute Gasteiger partial charge is 0.0591 e. The first-order chi connectivity index (χ1) is 3.89. The highest BCUT2D eigenvalue weighted by Crippen LogP contribution is 1.89. The Bertz CT molecular complexity index is 88.5. The topological polar surface area (TPSA) is 24.4 Å². The molecule has 0 saturated carbocycles. The molecule has 1 heterocycles. The predicted octanol–water partition coefficient (Wildman–Crippen LogP) is 0.439. The second kappa shape index (κ2) is 2.82. The van der Waals surface area contributed by atoms with Crippen LogP contribution in [0.25, 0.3) is 0 Å². The molecule has 0 aromatic carbocycles. The number of hydrogen-bond acceptors (Lipinski definition) is 2. The lowest BCUT2D eigenvalue weighted by atomic mass is 10.4. The minimum atomic E-state index is 0.484. The van der Waals surface area contributed by atoms with E-state index in [4.69, 9.17) is 0 Å². The van der Waals surface area contributed by atoms with Crippen molar-refractivity contribution in [3.8, 4) is 0 Å². The van der Waals surface area contributed by atoms with E-state index in [1.165, 1.54) is 0 Å². The molecule has 46 valence electrons. The summed E-state index contributed by atoms with van der Waals surface area (Å²) in [5.74, 6) is 0. The van der Waals surface area contributed by atoms with Gasteiger partial charge >= 0.3 is 0 Å². The van der Waals surface area contributed by atoms with Gasteiger partial charge in [-0.2, -0.15) is 0 Å².